The van der Waals surface area contributed by atoms with Gasteiger partial charge < -0.3 is 4.74 Å². The molecule has 1 heterocycles. The normalized spacial score (nSPS) is 9.94. The third-order valence-electron chi connectivity index (χ3n) is 2.43. The van der Waals surface area contributed by atoms with Gasteiger partial charge in [0, 0.05) is 5.56 Å². The third-order valence-corrected chi connectivity index (χ3v) is 2.43. The van der Waals surface area contributed by atoms with Gasteiger partial charge in [-0.1, -0.05) is 30.3 Å². The minimum absolute atomic E-state index is 0.381. The number of benzene rings is 1. The highest BCUT2D eigenvalue weighted by molar-refractivity contribution is 5.85. The molecule has 0 aliphatic heterocycles. The second-order valence-electron chi connectivity index (χ2n) is 3.57. The van der Waals surface area contributed by atoms with E-state index in [2.05, 4.69) is 4.98 Å². The van der Waals surface area contributed by atoms with Crippen molar-refractivity contribution in [3.63, 3.8) is 0 Å². The molecule has 86 valence electrons. The number of hydrogen-bond acceptors (Lipinski definition) is 3. The molecule has 0 amide bonds. The minimum Gasteiger partial charge on any atom is -0.461 e. The molecular formula is C13H13N2O2+. The predicted octanol–water partition coefficient (Wildman–Crippen LogP) is 1.20. The van der Waals surface area contributed by atoms with Crippen LogP contribution in [-0.4, -0.2) is 18.1 Å². The zero-order chi connectivity index (χ0) is 12.1. The van der Waals surface area contributed by atoms with E-state index in [0.717, 1.165) is 5.56 Å². The lowest BCUT2D eigenvalue weighted by Crippen LogP contribution is -2.41. The van der Waals surface area contributed by atoms with Crippen LogP contribution in [0, 0.1) is 0 Å². The van der Waals surface area contributed by atoms with Crippen LogP contribution in [0.25, 0.3) is 0 Å². The standard InChI is InChI=1S/C13H13N2O2/c1-17-13(16)12-9-14-7-8-15(12)10-11-5-3-2-4-6-11/h2-9H,10H2,1H3/q+1. The van der Waals surface area contributed by atoms with E-state index < -0.39 is 0 Å². The van der Waals surface area contributed by atoms with Crippen molar-refractivity contribution in [3.8, 4) is 0 Å². The number of nitrogens with zero attached hydrogens (tertiary/aromatic N) is 2. The van der Waals surface area contributed by atoms with Gasteiger partial charge in [-0.25, -0.2) is 4.79 Å². The Balaban J connectivity index is 2.30. The van der Waals surface area contributed by atoms with E-state index in [1.54, 1.807) is 12.4 Å². The number of methoxy groups -OCH3 is 1. The number of hydrogen-bond donors (Lipinski definition) is 0. The van der Waals surface area contributed by atoms with Crippen LogP contribution in [0.5, 0.6) is 0 Å². The minimum atomic E-state index is -0.381. The van der Waals surface area contributed by atoms with Crippen molar-refractivity contribution >= 4 is 5.97 Å². The summed E-state index contributed by atoms with van der Waals surface area (Å²) in [5.41, 5.74) is 1.56. The number of ether oxygens (including phenoxy) is 1. The SMILES string of the molecule is COC(=O)c1cncc[n+]1Cc1ccccc1. The van der Waals surface area contributed by atoms with E-state index in [4.69, 9.17) is 4.74 Å². The molecule has 0 unspecified atom stereocenters. The lowest BCUT2D eigenvalue weighted by Gasteiger charge is -2.01. The number of aromatic nitrogens is 2. The van der Waals surface area contributed by atoms with E-state index in [1.165, 1.54) is 13.3 Å². The second kappa shape index (κ2) is 5.21. The van der Waals surface area contributed by atoms with Crippen molar-refractivity contribution in [1.82, 2.24) is 4.98 Å². The molecule has 0 aliphatic rings. The Hall–Kier alpha value is -2.23. The van der Waals surface area contributed by atoms with Gasteiger partial charge in [-0.05, 0) is 0 Å². The first-order valence-corrected chi connectivity index (χ1v) is 5.27. The first kappa shape index (κ1) is 11.3. The topological polar surface area (TPSA) is 43.1 Å². The lowest BCUT2D eigenvalue weighted by molar-refractivity contribution is -0.691. The van der Waals surface area contributed by atoms with Crippen molar-refractivity contribution in [2.24, 2.45) is 0 Å². The van der Waals surface area contributed by atoms with Crippen LogP contribution in [0.1, 0.15) is 16.1 Å². The second-order valence-corrected chi connectivity index (χ2v) is 3.57. The summed E-state index contributed by atoms with van der Waals surface area (Å²) in [6.07, 6.45) is 4.92. The molecule has 0 aliphatic carbocycles. The Kier molecular flexibility index (Phi) is 3.45. The Bertz CT molecular complexity index is 512. The molecule has 0 saturated carbocycles. The van der Waals surface area contributed by atoms with Gasteiger partial charge in [0.1, 0.15) is 6.20 Å². The highest BCUT2D eigenvalue weighted by atomic mass is 16.5. The number of rotatable bonds is 3. The van der Waals surface area contributed by atoms with E-state index in [0.29, 0.717) is 12.2 Å². The highest BCUT2D eigenvalue weighted by Crippen LogP contribution is 1.99. The van der Waals surface area contributed by atoms with Crippen molar-refractivity contribution in [2.45, 2.75) is 6.54 Å². The summed E-state index contributed by atoms with van der Waals surface area (Å²) in [6.45, 7) is 0.619. The summed E-state index contributed by atoms with van der Waals surface area (Å²) in [4.78, 5) is 15.5. The van der Waals surface area contributed by atoms with Gasteiger partial charge in [0.05, 0.1) is 13.3 Å². The molecule has 2 aromatic rings. The maximum absolute atomic E-state index is 11.5. The molecule has 0 N–H and O–H groups in total. The van der Waals surface area contributed by atoms with E-state index in [-0.39, 0.29) is 5.97 Å². The van der Waals surface area contributed by atoms with Gasteiger partial charge in [-0.15, -0.1) is 0 Å². The monoisotopic (exact) mass is 229 g/mol. The first-order valence-electron chi connectivity index (χ1n) is 5.27. The molecule has 1 aromatic carbocycles. The fraction of sp³-hybridized carbons (Fsp3) is 0.154. The smallest absolute Gasteiger partial charge is 0.405 e. The Labute approximate surface area is 99.5 Å². The van der Waals surface area contributed by atoms with E-state index >= 15 is 0 Å². The molecule has 0 saturated heterocycles. The summed E-state index contributed by atoms with van der Waals surface area (Å²) in [7, 11) is 1.36. The number of esters is 1. The van der Waals surface area contributed by atoms with Gasteiger partial charge in [0.2, 0.25) is 0 Å². The molecule has 1 aromatic heterocycles. The maximum atomic E-state index is 11.5. The van der Waals surface area contributed by atoms with Crippen LogP contribution in [0.15, 0.2) is 48.9 Å². The summed E-state index contributed by atoms with van der Waals surface area (Å²) in [5.74, 6) is -0.381. The van der Waals surface area contributed by atoms with Crippen molar-refractivity contribution in [1.29, 1.82) is 0 Å². The van der Waals surface area contributed by atoms with Crippen molar-refractivity contribution < 1.29 is 14.1 Å². The molecule has 0 atom stereocenters. The average Bonchev–Trinajstić information content (AvgIpc) is 2.40. The van der Waals surface area contributed by atoms with Crippen LogP contribution in [0.4, 0.5) is 0 Å². The van der Waals surface area contributed by atoms with Gasteiger partial charge in [0.15, 0.2) is 12.7 Å². The van der Waals surface area contributed by atoms with Crippen molar-refractivity contribution in [3.05, 3.63) is 60.2 Å². The number of carbonyl (C=O) groups is 1. The van der Waals surface area contributed by atoms with Gasteiger partial charge >= 0.3 is 11.7 Å². The summed E-state index contributed by atoms with van der Waals surface area (Å²) in [5, 5.41) is 0. The molecule has 0 spiro atoms. The molecule has 0 fully saturated rings. The Morgan fingerprint density at radius 1 is 1.35 bits per heavy atom. The van der Waals surface area contributed by atoms with Gasteiger partial charge in [-0.2, -0.15) is 4.57 Å². The van der Waals surface area contributed by atoms with E-state index in [9.17, 15) is 4.79 Å². The van der Waals surface area contributed by atoms with Crippen LogP contribution in [0.3, 0.4) is 0 Å². The van der Waals surface area contributed by atoms with E-state index in [1.807, 2.05) is 34.9 Å². The first-order chi connectivity index (χ1) is 8.31. The van der Waals surface area contributed by atoms with Crippen molar-refractivity contribution in [2.75, 3.05) is 7.11 Å². The summed E-state index contributed by atoms with van der Waals surface area (Å²) >= 11 is 0. The molecule has 17 heavy (non-hydrogen) atoms. The molecule has 2 rings (SSSR count). The van der Waals surface area contributed by atoms with Crippen LogP contribution < -0.4 is 4.57 Å². The molecular weight excluding hydrogens is 216 g/mol. The lowest BCUT2D eigenvalue weighted by atomic mass is 10.2. The molecule has 0 bridgehead atoms. The molecule has 4 heteroatoms. The number of carbonyl (C=O) groups excluding carboxylic acids is 1. The quantitative estimate of drug-likeness (QED) is 0.587. The fourth-order valence-electron chi connectivity index (χ4n) is 1.58. The summed E-state index contributed by atoms with van der Waals surface area (Å²) in [6, 6.07) is 9.91. The maximum Gasteiger partial charge on any atom is 0.405 e. The molecule has 0 radical (unpaired) electrons. The van der Waals surface area contributed by atoms with Crippen LogP contribution >= 0.6 is 0 Å². The molecule has 4 nitrogen and oxygen atoms in total. The van der Waals surface area contributed by atoms with Gasteiger partial charge in [0.25, 0.3) is 0 Å². The fourth-order valence-corrected chi connectivity index (χ4v) is 1.58. The zero-order valence-corrected chi connectivity index (χ0v) is 9.54. The third kappa shape index (κ3) is 2.66. The van der Waals surface area contributed by atoms with Crippen LogP contribution in [-0.2, 0) is 11.3 Å². The predicted molar refractivity (Wildman–Crippen MR) is 61.3 cm³/mol. The Morgan fingerprint density at radius 2 is 2.12 bits per heavy atom. The zero-order valence-electron chi connectivity index (χ0n) is 9.54. The largest absolute Gasteiger partial charge is 0.461 e. The van der Waals surface area contributed by atoms with Gasteiger partial charge in [-0.3, -0.25) is 4.98 Å². The highest BCUT2D eigenvalue weighted by Gasteiger charge is 2.19. The average molecular weight is 229 g/mol. The van der Waals surface area contributed by atoms with Crippen LogP contribution in [0.2, 0.25) is 0 Å². The Morgan fingerprint density at radius 3 is 2.82 bits per heavy atom. The summed E-state index contributed by atoms with van der Waals surface area (Å²) < 4.78 is 6.53.